The van der Waals surface area contributed by atoms with Gasteiger partial charge in [0.15, 0.2) is 0 Å². The van der Waals surface area contributed by atoms with E-state index >= 15 is 0 Å². The first-order valence-corrected chi connectivity index (χ1v) is 7.60. The molecule has 4 nitrogen and oxygen atoms in total. The zero-order chi connectivity index (χ0) is 14.8. The van der Waals surface area contributed by atoms with Crippen LogP contribution < -0.4 is 4.90 Å². The summed E-state index contributed by atoms with van der Waals surface area (Å²) in [5.74, 6) is 0. The molecule has 2 atom stereocenters. The van der Waals surface area contributed by atoms with E-state index in [1.54, 1.807) is 0 Å². The van der Waals surface area contributed by atoms with E-state index in [1.165, 1.54) is 0 Å². The van der Waals surface area contributed by atoms with Crippen LogP contribution >= 0.6 is 0 Å². The van der Waals surface area contributed by atoms with Crippen molar-refractivity contribution in [1.29, 1.82) is 0 Å². The van der Waals surface area contributed by atoms with Gasteiger partial charge < -0.3 is 14.7 Å². The Balaban J connectivity index is 2.12. The lowest BCUT2D eigenvalue weighted by Gasteiger charge is -2.40. The van der Waals surface area contributed by atoms with Crippen LogP contribution in [0.25, 0.3) is 10.9 Å². The van der Waals surface area contributed by atoms with Crippen LogP contribution in [0.3, 0.4) is 0 Å². The van der Waals surface area contributed by atoms with Gasteiger partial charge in [0.25, 0.3) is 0 Å². The van der Waals surface area contributed by atoms with Crippen molar-refractivity contribution in [2.24, 2.45) is 0 Å². The molecule has 0 saturated carbocycles. The molecular weight excluding hydrogens is 264 g/mol. The maximum absolute atomic E-state index is 9.49. The number of nitrogens with zero attached hydrogens (tertiary/aromatic N) is 2. The zero-order valence-corrected chi connectivity index (χ0v) is 12.6. The van der Waals surface area contributed by atoms with Gasteiger partial charge in [-0.3, -0.25) is 4.98 Å². The summed E-state index contributed by atoms with van der Waals surface area (Å²) in [5.41, 5.74) is 2.82. The van der Waals surface area contributed by atoms with Crippen LogP contribution in [-0.4, -0.2) is 35.4 Å². The molecule has 112 valence electrons. The summed E-state index contributed by atoms with van der Waals surface area (Å²) in [7, 11) is 0. The molecule has 1 N–H and O–H groups in total. The van der Waals surface area contributed by atoms with Crippen molar-refractivity contribution in [3.8, 4) is 0 Å². The quantitative estimate of drug-likeness (QED) is 0.942. The van der Waals surface area contributed by atoms with Crippen molar-refractivity contribution >= 4 is 16.6 Å². The first-order valence-electron chi connectivity index (χ1n) is 7.60. The minimum absolute atomic E-state index is 0.0332. The van der Waals surface area contributed by atoms with Crippen LogP contribution in [0.1, 0.15) is 26.0 Å². The number of pyridine rings is 1. The Morgan fingerprint density at radius 3 is 2.95 bits per heavy atom. The molecule has 2 aromatic rings. The lowest BCUT2D eigenvalue weighted by atomic mass is 10.1. The first-order chi connectivity index (χ1) is 10.2. The van der Waals surface area contributed by atoms with Crippen LogP contribution in [-0.2, 0) is 11.3 Å². The maximum atomic E-state index is 9.49. The first kappa shape index (κ1) is 14.3. The molecule has 1 aromatic heterocycles. The number of ether oxygens (including phenoxy) is 1. The fraction of sp³-hybridized carbons (Fsp3) is 0.471. The lowest BCUT2D eigenvalue weighted by Crippen LogP contribution is -2.48. The Labute approximate surface area is 125 Å². The van der Waals surface area contributed by atoms with Crippen LogP contribution in [0.15, 0.2) is 30.3 Å². The molecule has 1 saturated heterocycles. The molecular formula is C17H22N2O2. The molecule has 2 heterocycles. The summed E-state index contributed by atoms with van der Waals surface area (Å²) in [4.78, 5) is 6.93. The Bertz CT molecular complexity index is 629. The van der Waals surface area contributed by atoms with E-state index in [9.17, 15) is 5.11 Å². The predicted octanol–water partition coefficient (Wildman–Crippen LogP) is 2.73. The van der Waals surface area contributed by atoms with E-state index in [0.29, 0.717) is 6.04 Å². The standard InChI is InChI=1S/C17H22N2O2/c1-3-14-11-21-12(2)9-19(14)17-8-13(10-20)18-16-7-5-4-6-15(16)17/h4-8,12,14,20H,3,9-11H2,1-2H3. The van der Waals surface area contributed by atoms with Crippen LogP contribution in [0.2, 0.25) is 0 Å². The molecule has 0 aliphatic carbocycles. The smallest absolute Gasteiger partial charge is 0.0854 e. The Hall–Kier alpha value is -1.65. The second-order valence-corrected chi connectivity index (χ2v) is 5.67. The number of aromatic nitrogens is 1. The van der Waals surface area contributed by atoms with E-state index in [1.807, 2.05) is 24.3 Å². The number of hydrogen-bond donors (Lipinski definition) is 1. The number of benzene rings is 1. The Morgan fingerprint density at radius 2 is 2.19 bits per heavy atom. The topological polar surface area (TPSA) is 45.6 Å². The van der Waals surface area contributed by atoms with E-state index in [4.69, 9.17) is 4.74 Å². The Kier molecular flexibility index (Phi) is 4.08. The van der Waals surface area contributed by atoms with Crippen molar-refractivity contribution < 1.29 is 9.84 Å². The highest BCUT2D eigenvalue weighted by Gasteiger charge is 2.27. The zero-order valence-electron chi connectivity index (χ0n) is 12.6. The van der Waals surface area contributed by atoms with Gasteiger partial charge >= 0.3 is 0 Å². The van der Waals surface area contributed by atoms with Gasteiger partial charge in [-0.1, -0.05) is 25.1 Å². The van der Waals surface area contributed by atoms with Gasteiger partial charge in [-0.05, 0) is 25.5 Å². The van der Waals surface area contributed by atoms with Gasteiger partial charge in [0.2, 0.25) is 0 Å². The van der Waals surface area contributed by atoms with Gasteiger partial charge in [0.05, 0.1) is 36.6 Å². The number of para-hydroxylation sites is 1. The summed E-state index contributed by atoms with van der Waals surface area (Å²) >= 11 is 0. The number of rotatable bonds is 3. The van der Waals surface area contributed by atoms with Gasteiger partial charge in [-0.15, -0.1) is 0 Å². The molecule has 1 aliphatic heterocycles. The van der Waals surface area contributed by atoms with E-state index in [0.717, 1.165) is 41.9 Å². The van der Waals surface area contributed by atoms with Crippen LogP contribution in [0, 0.1) is 0 Å². The minimum atomic E-state index is -0.0332. The Morgan fingerprint density at radius 1 is 1.38 bits per heavy atom. The van der Waals surface area contributed by atoms with Gasteiger partial charge in [-0.25, -0.2) is 0 Å². The van der Waals surface area contributed by atoms with Crippen molar-refractivity contribution in [2.45, 2.75) is 39.0 Å². The highest BCUT2D eigenvalue weighted by atomic mass is 16.5. The molecule has 0 bridgehead atoms. The third-order valence-corrected chi connectivity index (χ3v) is 4.16. The maximum Gasteiger partial charge on any atom is 0.0854 e. The van der Waals surface area contributed by atoms with Crippen LogP contribution in [0.4, 0.5) is 5.69 Å². The summed E-state index contributed by atoms with van der Waals surface area (Å²) in [5, 5.41) is 10.6. The lowest BCUT2D eigenvalue weighted by molar-refractivity contribution is 0.0300. The van der Waals surface area contributed by atoms with Gasteiger partial charge in [0.1, 0.15) is 0 Å². The molecule has 0 amide bonds. The number of morpholine rings is 1. The minimum Gasteiger partial charge on any atom is -0.390 e. The summed E-state index contributed by atoms with van der Waals surface area (Å²) in [6.07, 6.45) is 1.26. The second kappa shape index (κ2) is 6.00. The molecule has 1 aliphatic rings. The number of hydrogen-bond acceptors (Lipinski definition) is 4. The molecule has 0 spiro atoms. The number of aliphatic hydroxyl groups is 1. The molecule has 3 rings (SSSR count). The fourth-order valence-corrected chi connectivity index (χ4v) is 3.01. The SMILES string of the molecule is CCC1COC(C)CN1c1cc(CO)nc2ccccc12. The number of aliphatic hydroxyl groups excluding tert-OH is 1. The monoisotopic (exact) mass is 286 g/mol. The summed E-state index contributed by atoms with van der Waals surface area (Å²) < 4.78 is 5.80. The van der Waals surface area contributed by atoms with E-state index < -0.39 is 0 Å². The third-order valence-electron chi connectivity index (χ3n) is 4.16. The highest BCUT2D eigenvalue weighted by Crippen LogP contribution is 2.31. The summed E-state index contributed by atoms with van der Waals surface area (Å²) in [6.45, 7) is 5.89. The van der Waals surface area contributed by atoms with Crippen LogP contribution in [0.5, 0.6) is 0 Å². The molecule has 21 heavy (non-hydrogen) atoms. The van der Waals surface area contributed by atoms with E-state index in [-0.39, 0.29) is 12.7 Å². The number of fused-ring (bicyclic) bond motifs is 1. The van der Waals surface area contributed by atoms with Crippen molar-refractivity contribution in [2.75, 3.05) is 18.1 Å². The van der Waals surface area contributed by atoms with Crippen molar-refractivity contribution in [1.82, 2.24) is 4.98 Å². The normalized spacial score (nSPS) is 22.7. The van der Waals surface area contributed by atoms with E-state index in [2.05, 4.69) is 29.8 Å². The largest absolute Gasteiger partial charge is 0.390 e. The average Bonchev–Trinajstić information content (AvgIpc) is 2.53. The molecule has 1 fully saturated rings. The third kappa shape index (κ3) is 2.74. The van der Waals surface area contributed by atoms with Gasteiger partial charge in [0, 0.05) is 17.6 Å². The van der Waals surface area contributed by atoms with Gasteiger partial charge in [-0.2, -0.15) is 0 Å². The van der Waals surface area contributed by atoms with Crippen molar-refractivity contribution in [3.63, 3.8) is 0 Å². The molecule has 2 unspecified atom stereocenters. The number of anilines is 1. The molecule has 4 heteroatoms. The molecule has 1 aromatic carbocycles. The summed E-state index contributed by atoms with van der Waals surface area (Å²) in [6, 6.07) is 10.5. The fourth-order valence-electron chi connectivity index (χ4n) is 3.01. The average molecular weight is 286 g/mol. The second-order valence-electron chi connectivity index (χ2n) is 5.67. The van der Waals surface area contributed by atoms with Crippen molar-refractivity contribution in [3.05, 3.63) is 36.0 Å². The predicted molar refractivity (Wildman–Crippen MR) is 84.5 cm³/mol. The molecule has 0 radical (unpaired) electrons. The highest BCUT2D eigenvalue weighted by molar-refractivity contribution is 5.92.